The Hall–Kier alpha value is -2.67. The smallest absolute Gasteiger partial charge is 0.196 e. The molecule has 0 atom stereocenters. The van der Waals surface area contributed by atoms with Crippen LogP contribution in [0.3, 0.4) is 0 Å². The van der Waals surface area contributed by atoms with Crippen LogP contribution < -0.4 is 9.47 Å². The van der Waals surface area contributed by atoms with Gasteiger partial charge in [-0.05, 0) is 60.2 Å². The van der Waals surface area contributed by atoms with E-state index in [1.165, 1.54) is 0 Å². The summed E-state index contributed by atoms with van der Waals surface area (Å²) < 4.78 is 12.6. The van der Waals surface area contributed by atoms with E-state index in [0.29, 0.717) is 21.6 Å². The predicted octanol–water partition coefficient (Wildman–Crippen LogP) is 6.55. The van der Waals surface area contributed by atoms with Gasteiger partial charge in [-0.3, -0.25) is 4.57 Å². The van der Waals surface area contributed by atoms with Gasteiger partial charge < -0.3 is 9.47 Å². The van der Waals surface area contributed by atoms with Crippen LogP contribution >= 0.6 is 35.0 Å². The number of hydrogen-bond acceptors (Lipinski definition) is 5. The maximum atomic E-state index is 6.30. The van der Waals surface area contributed by atoms with Gasteiger partial charge in [-0.2, -0.15) is 0 Å². The van der Waals surface area contributed by atoms with Crippen molar-refractivity contribution in [3.63, 3.8) is 0 Å². The van der Waals surface area contributed by atoms with E-state index in [9.17, 15) is 0 Å². The third-order valence-electron chi connectivity index (χ3n) is 4.65. The van der Waals surface area contributed by atoms with E-state index in [-0.39, 0.29) is 0 Å². The zero-order chi connectivity index (χ0) is 21.8. The molecule has 0 aliphatic carbocycles. The van der Waals surface area contributed by atoms with Crippen LogP contribution in [-0.2, 0) is 5.75 Å². The zero-order valence-electron chi connectivity index (χ0n) is 16.9. The van der Waals surface area contributed by atoms with Crippen LogP contribution in [0.1, 0.15) is 5.56 Å². The minimum absolute atomic E-state index is 0.470. The maximum absolute atomic E-state index is 6.30. The first-order valence-corrected chi connectivity index (χ1v) is 11.1. The van der Waals surface area contributed by atoms with Crippen LogP contribution in [0.15, 0.2) is 71.9 Å². The molecule has 0 aliphatic rings. The molecule has 4 rings (SSSR count). The third-order valence-corrected chi connectivity index (χ3v) is 6.38. The highest BCUT2D eigenvalue weighted by molar-refractivity contribution is 7.98. The van der Waals surface area contributed by atoms with Gasteiger partial charge in [0, 0.05) is 11.3 Å². The van der Waals surface area contributed by atoms with Crippen molar-refractivity contribution in [2.45, 2.75) is 10.9 Å². The lowest BCUT2D eigenvalue weighted by molar-refractivity contribution is 0.414. The van der Waals surface area contributed by atoms with Gasteiger partial charge >= 0.3 is 0 Å². The molecule has 158 valence electrons. The van der Waals surface area contributed by atoms with Gasteiger partial charge in [0.15, 0.2) is 11.0 Å². The first-order chi connectivity index (χ1) is 15.1. The second-order valence-corrected chi connectivity index (χ2v) is 8.37. The Labute approximate surface area is 194 Å². The van der Waals surface area contributed by atoms with Crippen molar-refractivity contribution in [1.82, 2.24) is 14.8 Å². The fourth-order valence-electron chi connectivity index (χ4n) is 3.06. The van der Waals surface area contributed by atoms with Gasteiger partial charge in [-0.15, -0.1) is 10.2 Å². The Bertz CT molecular complexity index is 1200. The van der Waals surface area contributed by atoms with Gasteiger partial charge in [0.1, 0.15) is 11.5 Å². The largest absolute Gasteiger partial charge is 0.497 e. The highest BCUT2D eigenvalue weighted by Gasteiger charge is 2.17. The molecular formula is C23H19Cl2N3O2S. The number of benzene rings is 3. The van der Waals surface area contributed by atoms with Crippen LogP contribution in [0.2, 0.25) is 10.0 Å². The number of aromatic nitrogens is 3. The van der Waals surface area contributed by atoms with Crippen molar-refractivity contribution < 1.29 is 9.47 Å². The molecule has 31 heavy (non-hydrogen) atoms. The lowest BCUT2D eigenvalue weighted by Crippen LogP contribution is -2.00. The van der Waals surface area contributed by atoms with Crippen molar-refractivity contribution in [2.24, 2.45) is 0 Å². The lowest BCUT2D eigenvalue weighted by atomic mass is 10.2. The summed E-state index contributed by atoms with van der Waals surface area (Å²) in [6.45, 7) is 0. The van der Waals surface area contributed by atoms with Crippen molar-refractivity contribution in [3.05, 3.63) is 82.3 Å². The van der Waals surface area contributed by atoms with Crippen LogP contribution in [0.25, 0.3) is 17.1 Å². The SMILES string of the molecule is COc1ccc(-c2nnc(SCc3cccc(OC)c3)n2-c2ccc(Cl)c(Cl)c2)cc1. The van der Waals surface area contributed by atoms with E-state index >= 15 is 0 Å². The number of ether oxygens (including phenoxy) is 2. The van der Waals surface area contributed by atoms with E-state index in [1.807, 2.05) is 59.2 Å². The second-order valence-electron chi connectivity index (χ2n) is 6.61. The lowest BCUT2D eigenvalue weighted by Gasteiger charge is -2.12. The summed E-state index contributed by atoms with van der Waals surface area (Å²) in [4.78, 5) is 0. The number of thioether (sulfide) groups is 1. The third kappa shape index (κ3) is 4.82. The summed E-state index contributed by atoms with van der Waals surface area (Å²) in [6, 6.07) is 21.1. The van der Waals surface area contributed by atoms with Gasteiger partial charge in [-0.25, -0.2) is 0 Å². The summed E-state index contributed by atoms with van der Waals surface area (Å²) in [5, 5.41) is 10.6. The molecule has 3 aromatic carbocycles. The fourth-order valence-corrected chi connectivity index (χ4v) is 4.24. The average molecular weight is 472 g/mol. The standard InChI is InChI=1S/C23H19Cl2N3O2S/c1-29-18-9-6-16(7-10-18)22-26-27-23(28(22)17-8-11-20(24)21(25)13-17)31-14-15-4-3-5-19(12-15)30-2/h3-13H,14H2,1-2H3. The molecule has 4 aromatic rings. The van der Waals surface area contributed by atoms with Crippen LogP contribution in [0, 0.1) is 0 Å². The highest BCUT2D eigenvalue weighted by Crippen LogP contribution is 2.33. The molecule has 5 nitrogen and oxygen atoms in total. The van der Waals surface area contributed by atoms with Gasteiger partial charge in [-0.1, -0.05) is 47.1 Å². The van der Waals surface area contributed by atoms with Gasteiger partial charge in [0.25, 0.3) is 0 Å². The molecule has 0 saturated heterocycles. The normalized spacial score (nSPS) is 10.8. The predicted molar refractivity (Wildman–Crippen MR) is 126 cm³/mol. The van der Waals surface area contributed by atoms with Crippen molar-refractivity contribution in [3.8, 4) is 28.6 Å². The Kier molecular flexibility index (Phi) is 6.70. The topological polar surface area (TPSA) is 49.2 Å². The molecule has 0 aliphatic heterocycles. The Morgan fingerprint density at radius 1 is 0.839 bits per heavy atom. The van der Waals surface area contributed by atoms with Crippen molar-refractivity contribution >= 4 is 35.0 Å². The number of nitrogens with zero attached hydrogens (tertiary/aromatic N) is 3. The molecule has 0 fully saturated rings. The van der Waals surface area contributed by atoms with Crippen molar-refractivity contribution in [1.29, 1.82) is 0 Å². The zero-order valence-corrected chi connectivity index (χ0v) is 19.2. The van der Waals surface area contributed by atoms with E-state index in [2.05, 4.69) is 16.3 Å². The van der Waals surface area contributed by atoms with Crippen LogP contribution in [0.5, 0.6) is 11.5 Å². The quantitative estimate of drug-likeness (QED) is 0.286. The molecule has 0 bridgehead atoms. The Morgan fingerprint density at radius 2 is 1.61 bits per heavy atom. The Morgan fingerprint density at radius 3 is 2.32 bits per heavy atom. The van der Waals surface area contributed by atoms with E-state index in [4.69, 9.17) is 32.7 Å². The summed E-state index contributed by atoms with van der Waals surface area (Å²) in [5.74, 6) is 3.01. The van der Waals surface area contributed by atoms with E-state index in [1.54, 1.807) is 32.0 Å². The fraction of sp³-hybridized carbons (Fsp3) is 0.130. The van der Waals surface area contributed by atoms with Crippen molar-refractivity contribution in [2.75, 3.05) is 14.2 Å². The van der Waals surface area contributed by atoms with Crippen LogP contribution in [-0.4, -0.2) is 29.0 Å². The molecule has 1 heterocycles. The molecule has 0 unspecified atom stereocenters. The number of halogens is 2. The second kappa shape index (κ2) is 9.64. The number of rotatable bonds is 7. The monoisotopic (exact) mass is 471 g/mol. The molecule has 0 spiro atoms. The average Bonchev–Trinajstić information content (AvgIpc) is 3.23. The molecule has 1 aromatic heterocycles. The number of hydrogen-bond donors (Lipinski definition) is 0. The van der Waals surface area contributed by atoms with E-state index in [0.717, 1.165) is 33.5 Å². The van der Waals surface area contributed by atoms with Gasteiger partial charge in [0.2, 0.25) is 0 Å². The number of methoxy groups -OCH3 is 2. The van der Waals surface area contributed by atoms with E-state index < -0.39 is 0 Å². The first-order valence-electron chi connectivity index (χ1n) is 9.40. The molecule has 0 saturated carbocycles. The first kappa shape index (κ1) is 21.6. The summed E-state index contributed by atoms with van der Waals surface area (Å²) in [5.41, 5.74) is 2.87. The van der Waals surface area contributed by atoms with Gasteiger partial charge in [0.05, 0.1) is 30.0 Å². The minimum Gasteiger partial charge on any atom is -0.497 e. The summed E-state index contributed by atoms with van der Waals surface area (Å²) in [7, 11) is 3.30. The minimum atomic E-state index is 0.470. The van der Waals surface area contributed by atoms with Crippen LogP contribution in [0.4, 0.5) is 0 Å². The maximum Gasteiger partial charge on any atom is 0.196 e. The molecular weight excluding hydrogens is 453 g/mol. The summed E-state index contributed by atoms with van der Waals surface area (Å²) in [6.07, 6.45) is 0. The summed E-state index contributed by atoms with van der Waals surface area (Å²) >= 11 is 14.0. The highest BCUT2D eigenvalue weighted by atomic mass is 35.5. The molecule has 0 amide bonds. The Balaban J connectivity index is 1.73. The molecule has 0 N–H and O–H groups in total. The molecule has 0 radical (unpaired) electrons. The molecule has 8 heteroatoms.